The minimum atomic E-state index is -0.940. The summed E-state index contributed by atoms with van der Waals surface area (Å²) >= 11 is 0. The zero-order valence-corrected chi connectivity index (χ0v) is 22.4. The van der Waals surface area contributed by atoms with E-state index in [2.05, 4.69) is 22.5 Å². The van der Waals surface area contributed by atoms with Crippen molar-refractivity contribution >= 4 is 23.7 Å². The molecule has 3 N–H and O–H groups in total. The van der Waals surface area contributed by atoms with Crippen molar-refractivity contribution in [1.82, 2.24) is 16.0 Å². The average molecular weight is 500 g/mol. The predicted molar refractivity (Wildman–Crippen MR) is 141 cm³/mol. The number of amides is 3. The van der Waals surface area contributed by atoms with Gasteiger partial charge in [0.25, 0.3) is 5.91 Å². The van der Waals surface area contributed by atoms with Crippen molar-refractivity contribution in [1.29, 1.82) is 0 Å². The van der Waals surface area contributed by atoms with Crippen molar-refractivity contribution in [3.8, 4) is 0 Å². The van der Waals surface area contributed by atoms with Crippen LogP contribution in [0.3, 0.4) is 0 Å². The van der Waals surface area contributed by atoms with Gasteiger partial charge in [-0.15, -0.1) is 0 Å². The molecule has 1 aromatic rings. The molecule has 0 fully saturated rings. The summed E-state index contributed by atoms with van der Waals surface area (Å²) in [7, 11) is 0. The van der Waals surface area contributed by atoms with Crippen LogP contribution in [0.15, 0.2) is 54.3 Å². The molecule has 0 aliphatic carbocycles. The zero-order chi connectivity index (χ0) is 27.3. The number of carbonyl (C=O) groups excluding carboxylic acids is 4. The van der Waals surface area contributed by atoms with Gasteiger partial charge in [0, 0.05) is 0 Å². The highest BCUT2D eigenvalue weighted by atomic mass is 16.5. The Labute approximate surface area is 214 Å². The fourth-order valence-corrected chi connectivity index (χ4v) is 3.36. The lowest BCUT2D eigenvalue weighted by molar-refractivity contribution is -0.127. The Morgan fingerprint density at radius 1 is 1.03 bits per heavy atom. The van der Waals surface area contributed by atoms with E-state index in [0.29, 0.717) is 12.0 Å². The second kappa shape index (κ2) is 15.5. The van der Waals surface area contributed by atoms with E-state index in [1.807, 2.05) is 51.1 Å². The third kappa shape index (κ3) is 10.9. The Bertz CT molecular complexity index is 938. The van der Waals surface area contributed by atoms with Gasteiger partial charge in [0.2, 0.25) is 5.91 Å². The number of unbranched alkanes of at least 4 members (excludes halogenated alkanes) is 1. The molecule has 198 valence electrons. The van der Waals surface area contributed by atoms with Gasteiger partial charge in [-0.3, -0.25) is 14.4 Å². The van der Waals surface area contributed by atoms with Crippen LogP contribution < -0.4 is 16.0 Å². The molecule has 2 atom stereocenters. The van der Waals surface area contributed by atoms with Crippen molar-refractivity contribution in [3.05, 3.63) is 59.8 Å². The minimum absolute atomic E-state index is 0.0242. The van der Waals surface area contributed by atoms with Crippen LogP contribution in [0.25, 0.3) is 0 Å². The first-order valence-electron chi connectivity index (χ1n) is 12.5. The molecule has 0 bridgehead atoms. The highest BCUT2D eigenvalue weighted by molar-refractivity contribution is 6.04. The summed E-state index contributed by atoms with van der Waals surface area (Å²) in [6.45, 7) is 14.7. The Hall–Kier alpha value is -3.42. The van der Waals surface area contributed by atoms with Gasteiger partial charge >= 0.3 is 6.09 Å². The van der Waals surface area contributed by atoms with Crippen LogP contribution >= 0.6 is 0 Å². The topological polar surface area (TPSA) is 114 Å². The highest BCUT2D eigenvalue weighted by Crippen LogP contribution is 2.10. The smallest absolute Gasteiger partial charge is 0.408 e. The summed E-state index contributed by atoms with van der Waals surface area (Å²) in [5.41, 5.74) is 1.20. The van der Waals surface area contributed by atoms with Crippen molar-refractivity contribution in [2.24, 2.45) is 11.8 Å². The van der Waals surface area contributed by atoms with Gasteiger partial charge < -0.3 is 20.7 Å². The van der Waals surface area contributed by atoms with Crippen LogP contribution in [-0.4, -0.2) is 35.8 Å². The third-order valence-corrected chi connectivity index (χ3v) is 5.33. The van der Waals surface area contributed by atoms with Gasteiger partial charge in [-0.1, -0.05) is 90.4 Å². The number of benzene rings is 1. The molecular weight excluding hydrogens is 458 g/mol. The van der Waals surface area contributed by atoms with E-state index in [4.69, 9.17) is 4.74 Å². The minimum Gasteiger partial charge on any atom is -0.445 e. The number of ether oxygens (including phenoxy) is 1. The highest BCUT2D eigenvalue weighted by Gasteiger charge is 2.28. The molecule has 0 aromatic heterocycles. The Morgan fingerprint density at radius 3 is 2.19 bits per heavy atom. The number of rotatable bonds is 14. The van der Waals surface area contributed by atoms with Gasteiger partial charge in [-0.25, -0.2) is 4.79 Å². The molecule has 36 heavy (non-hydrogen) atoms. The Balaban J connectivity index is 2.94. The van der Waals surface area contributed by atoms with Crippen molar-refractivity contribution in [2.45, 2.75) is 79.5 Å². The zero-order valence-electron chi connectivity index (χ0n) is 22.4. The molecule has 3 amide bonds. The molecule has 0 spiro atoms. The average Bonchev–Trinajstić information content (AvgIpc) is 2.82. The fraction of sp³-hybridized carbons (Fsp3) is 0.500. The maximum absolute atomic E-state index is 13.1. The quantitative estimate of drug-likeness (QED) is 0.328. The van der Waals surface area contributed by atoms with E-state index in [1.54, 1.807) is 26.8 Å². The molecule has 8 nitrogen and oxygen atoms in total. The van der Waals surface area contributed by atoms with E-state index in [0.717, 1.165) is 18.4 Å². The van der Waals surface area contributed by atoms with Crippen LogP contribution in [0, 0.1) is 11.8 Å². The molecule has 1 unspecified atom stereocenters. The molecule has 0 heterocycles. The van der Waals surface area contributed by atoms with E-state index >= 15 is 0 Å². The number of hydrogen-bond donors (Lipinski definition) is 3. The van der Waals surface area contributed by atoms with E-state index < -0.39 is 30.0 Å². The van der Waals surface area contributed by atoms with E-state index in [9.17, 15) is 19.2 Å². The first-order valence-corrected chi connectivity index (χ1v) is 12.5. The van der Waals surface area contributed by atoms with E-state index in [-0.39, 0.29) is 29.9 Å². The first-order chi connectivity index (χ1) is 17.0. The van der Waals surface area contributed by atoms with Crippen LogP contribution in [0.5, 0.6) is 0 Å². The van der Waals surface area contributed by atoms with Gasteiger partial charge in [-0.05, 0) is 36.3 Å². The van der Waals surface area contributed by atoms with Gasteiger partial charge in [0.1, 0.15) is 18.3 Å². The third-order valence-electron chi connectivity index (χ3n) is 5.33. The number of allylic oxidation sites excluding steroid dienone is 1. The van der Waals surface area contributed by atoms with Crippen molar-refractivity contribution in [3.63, 3.8) is 0 Å². The fourth-order valence-electron chi connectivity index (χ4n) is 3.36. The number of ketones is 1. The Morgan fingerprint density at radius 2 is 1.67 bits per heavy atom. The standard InChI is InChI=1S/C28H41N3O5/c1-8-9-15-22(25(32)20(6)7)29-26(33)23(16-18(2)3)30-27(34)24(19(4)5)31-28(35)36-17-21-13-11-10-12-14-21/h10-14,16,18-19,22,24H,6,8-9,15,17H2,1-5,7H3,(H,29,33)(H,30,34)(H,31,35)/b23-16+/t22?,24-/m0/s1. The molecule has 1 aromatic carbocycles. The molecular formula is C28H41N3O5. The normalized spacial score (nSPS) is 13.1. The summed E-state index contributed by atoms with van der Waals surface area (Å²) < 4.78 is 5.25. The monoisotopic (exact) mass is 499 g/mol. The number of alkyl carbamates (subject to hydrolysis) is 1. The second-order valence-corrected chi connectivity index (χ2v) is 9.55. The SMILES string of the molecule is C=C(C)C(=O)C(CCCC)NC(=O)/C(=C\C(C)C)NC(=O)[C@@H](NC(=O)OCc1ccccc1)C(C)C. The van der Waals surface area contributed by atoms with Crippen molar-refractivity contribution < 1.29 is 23.9 Å². The van der Waals surface area contributed by atoms with Gasteiger partial charge in [0.15, 0.2) is 5.78 Å². The summed E-state index contributed by atoms with van der Waals surface area (Å²) in [6, 6.07) is 7.53. The predicted octanol–water partition coefficient (Wildman–Crippen LogP) is 4.41. The molecule has 0 aliphatic rings. The summed E-state index contributed by atoms with van der Waals surface area (Å²) in [5.74, 6) is -1.70. The molecule has 8 heteroatoms. The lowest BCUT2D eigenvalue weighted by atomic mass is 10.0. The Kier molecular flexibility index (Phi) is 13.2. The van der Waals surface area contributed by atoms with Gasteiger partial charge in [-0.2, -0.15) is 0 Å². The van der Waals surface area contributed by atoms with Crippen LogP contribution in [0.2, 0.25) is 0 Å². The van der Waals surface area contributed by atoms with Crippen molar-refractivity contribution in [2.75, 3.05) is 0 Å². The van der Waals surface area contributed by atoms with Gasteiger partial charge in [0.05, 0.1) is 6.04 Å². The number of nitrogens with one attached hydrogen (secondary N) is 3. The largest absolute Gasteiger partial charge is 0.445 e. The molecule has 0 saturated heterocycles. The second-order valence-electron chi connectivity index (χ2n) is 9.55. The summed E-state index contributed by atoms with van der Waals surface area (Å²) in [6.07, 6.45) is 2.96. The van der Waals surface area contributed by atoms with Crippen LogP contribution in [-0.2, 0) is 25.7 Å². The lowest BCUT2D eigenvalue weighted by Gasteiger charge is -2.23. The number of carbonyl (C=O) groups is 4. The number of Topliss-reactive ketones (excluding diaryl/α,β-unsaturated/α-hetero) is 1. The maximum Gasteiger partial charge on any atom is 0.408 e. The molecule has 0 saturated carbocycles. The van der Waals surface area contributed by atoms with Crippen LogP contribution in [0.4, 0.5) is 4.79 Å². The molecule has 0 radical (unpaired) electrons. The molecule has 0 aliphatic heterocycles. The molecule has 1 rings (SSSR count). The number of hydrogen-bond acceptors (Lipinski definition) is 5. The van der Waals surface area contributed by atoms with Crippen LogP contribution in [0.1, 0.15) is 66.4 Å². The first kappa shape index (κ1) is 30.6. The summed E-state index contributed by atoms with van der Waals surface area (Å²) in [5, 5.41) is 7.98. The lowest BCUT2D eigenvalue weighted by Crippen LogP contribution is -2.52. The maximum atomic E-state index is 13.1. The van der Waals surface area contributed by atoms with E-state index in [1.165, 1.54) is 0 Å². The summed E-state index contributed by atoms with van der Waals surface area (Å²) in [4.78, 5) is 51.1.